The van der Waals surface area contributed by atoms with Gasteiger partial charge in [0, 0.05) is 24.7 Å². The van der Waals surface area contributed by atoms with E-state index >= 15 is 0 Å². The zero-order valence-corrected chi connectivity index (χ0v) is 15.9. The lowest BCUT2D eigenvalue weighted by Gasteiger charge is -2.32. The second kappa shape index (κ2) is 10.3. The summed E-state index contributed by atoms with van der Waals surface area (Å²) in [6, 6.07) is 7.81. The van der Waals surface area contributed by atoms with Crippen molar-refractivity contribution < 1.29 is 14.3 Å². The number of piperidine rings is 1. The predicted octanol–water partition coefficient (Wildman–Crippen LogP) is 2.49. The van der Waals surface area contributed by atoms with Gasteiger partial charge in [0.2, 0.25) is 11.8 Å². The number of thioether (sulfide) groups is 1. The molecule has 0 aromatic heterocycles. The number of carbonyl (C=O) groups excluding carboxylic acids is 2. The number of hydrogen-bond donors (Lipinski definition) is 1. The molecule has 1 aliphatic heterocycles. The van der Waals surface area contributed by atoms with Gasteiger partial charge in [-0.2, -0.15) is 11.8 Å². The summed E-state index contributed by atoms with van der Waals surface area (Å²) in [5.74, 6) is 2.52. The molecule has 2 amide bonds. The molecule has 0 aliphatic carbocycles. The fraction of sp³-hybridized carbons (Fsp3) is 0.579. The topological polar surface area (TPSA) is 58.6 Å². The highest BCUT2D eigenvalue weighted by atomic mass is 32.2. The average Bonchev–Trinajstić information content (AvgIpc) is 2.63. The van der Waals surface area contributed by atoms with Gasteiger partial charge in [0.25, 0.3) is 0 Å². The summed E-state index contributed by atoms with van der Waals surface area (Å²) in [4.78, 5) is 26.3. The fourth-order valence-corrected chi connectivity index (χ4v) is 3.68. The number of para-hydroxylation sites is 1. The van der Waals surface area contributed by atoms with Gasteiger partial charge in [-0.15, -0.1) is 0 Å². The van der Waals surface area contributed by atoms with Crippen LogP contribution in [0, 0.1) is 0 Å². The van der Waals surface area contributed by atoms with E-state index in [1.54, 1.807) is 18.9 Å². The zero-order valence-electron chi connectivity index (χ0n) is 15.1. The van der Waals surface area contributed by atoms with Gasteiger partial charge in [-0.1, -0.05) is 25.1 Å². The van der Waals surface area contributed by atoms with Gasteiger partial charge in [-0.25, -0.2) is 0 Å². The molecule has 1 aromatic rings. The molecule has 0 unspecified atom stereocenters. The van der Waals surface area contributed by atoms with Crippen LogP contribution < -0.4 is 10.1 Å². The number of rotatable bonds is 8. The van der Waals surface area contributed by atoms with Gasteiger partial charge in [-0.3, -0.25) is 9.59 Å². The Hall–Kier alpha value is -1.69. The van der Waals surface area contributed by atoms with E-state index in [4.69, 9.17) is 4.74 Å². The summed E-state index contributed by atoms with van der Waals surface area (Å²) in [6.45, 7) is 3.50. The van der Waals surface area contributed by atoms with E-state index < -0.39 is 0 Å². The van der Waals surface area contributed by atoms with Gasteiger partial charge < -0.3 is 15.0 Å². The lowest BCUT2D eigenvalue weighted by molar-refractivity contribution is -0.131. The van der Waals surface area contributed by atoms with Gasteiger partial charge in [0.1, 0.15) is 5.75 Å². The molecule has 0 spiro atoms. The quantitative estimate of drug-likeness (QED) is 0.720. The minimum Gasteiger partial charge on any atom is -0.496 e. The summed E-state index contributed by atoms with van der Waals surface area (Å²) in [7, 11) is 1.62. The molecule has 0 saturated carbocycles. The van der Waals surface area contributed by atoms with Crippen LogP contribution in [0.1, 0.15) is 31.7 Å². The minimum atomic E-state index is 0.109. The van der Waals surface area contributed by atoms with Crippen molar-refractivity contribution in [2.45, 2.75) is 38.6 Å². The normalized spacial score (nSPS) is 15.0. The van der Waals surface area contributed by atoms with Crippen molar-refractivity contribution in [1.29, 1.82) is 0 Å². The first-order valence-corrected chi connectivity index (χ1v) is 10.1. The van der Waals surface area contributed by atoms with Crippen LogP contribution in [0.4, 0.5) is 0 Å². The summed E-state index contributed by atoms with van der Waals surface area (Å²) < 4.78 is 5.31. The van der Waals surface area contributed by atoms with E-state index in [1.165, 1.54) is 0 Å². The summed E-state index contributed by atoms with van der Waals surface area (Å²) >= 11 is 1.67. The molecule has 1 aliphatic rings. The third-order valence-corrected chi connectivity index (χ3v) is 5.49. The Morgan fingerprint density at radius 1 is 1.28 bits per heavy atom. The number of methoxy groups -OCH3 is 1. The maximum atomic E-state index is 12.5. The average molecular weight is 365 g/mol. The standard InChI is InChI=1S/C19H28N2O3S/c1-3-12-25-14-18(22)20-16-8-10-21(11-9-16)19(23)13-15-6-4-5-7-17(15)24-2/h4-7,16H,3,8-14H2,1-2H3,(H,20,22). The van der Waals surface area contributed by atoms with Crippen molar-refractivity contribution in [1.82, 2.24) is 10.2 Å². The summed E-state index contributed by atoms with van der Waals surface area (Å²) in [5, 5.41) is 3.09. The molecular weight excluding hydrogens is 336 g/mol. The Morgan fingerprint density at radius 3 is 2.68 bits per heavy atom. The van der Waals surface area contributed by atoms with Crippen LogP contribution in [0.15, 0.2) is 24.3 Å². The molecular formula is C19H28N2O3S. The Labute approximate surface area is 154 Å². The molecule has 1 fully saturated rings. The summed E-state index contributed by atoms with van der Waals surface area (Å²) in [6.07, 6.45) is 3.09. The molecule has 1 heterocycles. The molecule has 1 aromatic carbocycles. The molecule has 138 valence electrons. The maximum Gasteiger partial charge on any atom is 0.230 e. The van der Waals surface area contributed by atoms with Crippen LogP contribution in [0.3, 0.4) is 0 Å². The molecule has 0 radical (unpaired) electrons. The van der Waals surface area contributed by atoms with E-state index in [0.29, 0.717) is 25.3 Å². The van der Waals surface area contributed by atoms with Crippen molar-refractivity contribution in [3.05, 3.63) is 29.8 Å². The van der Waals surface area contributed by atoms with E-state index in [1.807, 2.05) is 29.2 Å². The van der Waals surface area contributed by atoms with Crippen molar-refractivity contribution in [3.63, 3.8) is 0 Å². The third kappa shape index (κ3) is 6.27. The van der Waals surface area contributed by atoms with Gasteiger partial charge in [-0.05, 0) is 31.1 Å². The van der Waals surface area contributed by atoms with E-state index in [0.717, 1.165) is 36.3 Å². The monoisotopic (exact) mass is 364 g/mol. The Morgan fingerprint density at radius 2 is 2.00 bits per heavy atom. The van der Waals surface area contributed by atoms with Crippen molar-refractivity contribution in [2.24, 2.45) is 0 Å². The van der Waals surface area contributed by atoms with Crippen LogP contribution in [0.25, 0.3) is 0 Å². The van der Waals surface area contributed by atoms with Gasteiger partial charge in [0.15, 0.2) is 0 Å². The number of benzene rings is 1. The van der Waals surface area contributed by atoms with Crippen LogP contribution in [-0.2, 0) is 16.0 Å². The van der Waals surface area contributed by atoms with Crippen LogP contribution in [0.5, 0.6) is 5.75 Å². The largest absolute Gasteiger partial charge is 0.496 e. The second-order valence-corrected chi connectivity index (χ2v) is 7.37. The SMILES string of the molecule is CCCSCC(=O)NC1CCN(C(=O)Cc2ccccc2OC)CC1. The number of nitrogens with zero attached hydrogens (tertiary/aromatic N) is 1. The zero-order chi connectivity index (χ0) is 18.1. The third-order valence-electron chi connectivity index (χ3n) is 4.33. The van der Waals surface area contributed by atoms with E-state index in [9.17, 15) is 9.59 Å². The molecule has 2 rings (SSSR count). The first kappa shape index (κ1) is 19.6. The van der Waals surface area contributed by atoms with Crippen molar-refractivity contribution in [2.75, 3.05) is 31.7 Å². The number of amides is 2. The molecule has 0 bridgehead atoms. The smallest absolute Gasteiger partial charge is 0.230 e. The van der Waals surface area contributed by atoms with Crippen molar-refractivity contribution in [3.8, 4) is 5.75 Å². The summed E-state index contributed by atoms with van der Waals surface area (Å²) in [5.41, 5.74) is 0.915. The van der Waals surface area contributed by atoms with Crippen LogP contribution in [0.2, 0.25) is 0 Å². The minimum absolute atomic E-state index is 0.109. The molecule has 5 nitrogen and oxygen atoms in total. The Bertz CT molecular complexity index is 572. The first-order chi connectivity index (χ1) is 12.1. The van der Waals surface area contributed by atoms with E-state index in [-0.39, 0.29) is 17.9 Å². The van der Waals surface area contributed by atoms with Gasteiger partial charge >= 0.3 is 0 Å². The highest BCUT2D eigenvalue weighted by Gasteiger charge is 2.24. The van der Waals surface area contributed by atoms with Gasteiger partial charge in [0.05, 0.1) is 19.3 Å². The Kier molecular flexibility index (Phi) is 8.12. The molecule has 25 heavy (non-hydrogen) atoms. The first-order valence-electron chi connectivity index (χ1n) is 8.90. The molecule has 1 saturated heterocycles. The number of nitrogens with one attached hydrogen (secondary N) is 1. The second-order valence-electron chi connectivity index (χ2n) is 6.26. The van der Waals surface area contributed by atoms with Crippen LogP contribution in [-0.4, -0.2) is 54.5 Å². The molecule has 1 N–H and O–H groups in total. The highest BCUT2D eigenvalue weighted by Crippen LogP contribution is 2.20. The lowest BCUT2D eigenvalue weighted by atomic mass is 10.0. The fourth-order valence-electron chi connectivity index (χ4n) is 2.98. The number of ether oxygens (including phenoxy) is 1. The Balaban J connectivity index is 1.75. The maximum absolute atomic E-state index is 12.5. The predicted molar refractivity (Wildman–Crippen MR) is 102 cm³/mol. The van der Waals surface area contributed by atoms with Crippen molar-refractivity contribution >= 4 is 23.6 Å². The number of carbonyl (C=O) groups is 2. The highest BCUT2D eigenvalue weighted by molar-refractivity contribution is 7.99. The number of hydrogen-bond acceptors (Lipinski definition) is 4. The molecule has 0 atom stereocenters. The van der Waals surface area contributed by atoms with Crippen LogP contribution >= 0.6 is 11.8 Å². The molecule has 6 heteroatoms. The van der Waals surface area contributed by atoms with E-state index in [2.05, 4.69) is 12.2 Å². The number of likely N-dealkylation sites (tertiary alicyclic amines) is 1. The lowest BCUT2D eigenvalue weighted by Crippen LogP contribution is -2.47.